The number of pyridine rings is 1. The van der Waals surface area contributed by atoms with Gasteiger partial charge in [-0.05, 0) is 32.6 Å². The standard InChI is InChI=1S/C18H22N4O/c1-22(2)10-9-19-18(23)8-7-13-11-15-14-5-3-4-6-16(14)21-17(15)12-20-13/h3-6,11-12,21H,7-10H2,1-2H3,(H,19,23). The number of benzene rings is 1. The summed E-state index contributed by atoms with van der Waals surface area (Å²) in [5, 5.41) is 5.29. The Morgan fingerprint density at radius 1 is 1.22 bits per heavy atom. The number of aryl methyl sites for hydroxylation is 1. The number of nitrogens with one attached hydrogen (secondary N) is 2. The molecule has 0 spiro atoms. The summed E-state index contributed by atoms with van der Waals surface area (Å²) < 4.78 is 0. The Labute approximate surface area is 135 Å². The van der Waals surface area contributed by atoms with Crippen LogP contribution in [-0.4, -0.2) is 48.0 Å². The van der Waals surface area contributed by atoms with Gasteiger partial charge in [-0.15, -0.1) is 0 Å². The molecule has 120 valence electrons. The van der Waals surface area contributed by atoms with Gasteiger partial charge < -0.3 is 15.2 Å². The molecule has 3 aromatic rings. The van der Waals surface area contributed by atoms with Gasteiger partial charge in [-0.25, -0.2) is 0 Å². The number of aromatic nitrogens is 2. The van der Waals surface area contributed by atoms with E-state index in [1.165, 1.54) is 10.8 Å². The molecule has 0 aliphatic rings. The molecule has 2 heterocycles. The average molecular weight is 310 g/mol. The van der Waals surface area contributed by atoms with Crippen LogP contribution in [0.3, 0.4) is 0 Å². The van der Waals surface area contributed by atoms with Crippen LogP contribution in [-0.2, 0) is 11.2 Å². The summed E-state index contributed by atoms with van der Waals surface area (Å²) in [4.78, 5) is 21.7. The molecule has 0 radical (unpaired) electrons. The number of hydrogen-bond donors (Lipinski definition) is 2. The maximum atomic E-state index is 11.9. The minimum absolute atomic E-state index is 0.0765. The van der Waals surface area contributed by atoms with Crippen LogP contribution in [0.25, 0.3) is 21.8 Å². The molecule has 0 atom stereocenters. The van der Waals surface area contributed by atoms with Gasteiger partial charge in [0, 0.05) is 41.5 Å². The molecular formula is C18H22N4O. The molecule has 1 aromatic carbocycles. The van der Waals surface area contributed by atoms with E-state index in [0.29, 0.717) is 19.4 Å². The molecule has 5 heteroatoms. The van der Waals surface area contributed by atoms with E-state index < -0.39 is 0 Å². The van der Waals surface area contributed by atoms with Gasteiger partial charge in [0.2, 0.25) is 5.91 Å². The van der Waals surface area contributed by atoms with Crippen molar-refractivity contribution < 1.29 is 4.79 Å². The highest BCUT2D eigenvalue weighted by molar-refractivity contribution is 6.06. The third-order valence-electron chi connectivity index (χ3n) is 3.94. The van der Waals surface area contributed by atoms with E-state index in [2.05, 4.69) is 33.5 Å². The van der Waals surface area contributed by atoms with Gasteiger partial charge in [0.25, 0.3) is 0 Å². The molecule has 5 nitrogen and oxygen atoms in total. The fraction of sp³-hybridized carbons (Fsp3) is 0.333. The number of aromatic amines is 1. The first kappa shape index (κ1) is 15.5. The maximum Gasteiger partial charge on any atom is 0.220 e. The Balaban J connectivity index is 1.66. The molecule has 23 heavy (non-hydrogen) atoms. The van der Waals surface area contributed by atoms with Gasteiger partial charge in [0.15, 0.2) is 0 Å². The van der Waals surface area contributed by atoms with Gasteiger partial charge in [-0.3, -0.25) is 9.78 Å². The first-order valence-electron chi connectivity index (χ1n) is 7.90. The minimum Gasteiger partial charge on any atom is -0.355 e. The molecule has 3 rings (SSSR count). The molecular weight excluding hydrogens is 288 g/mol. The van der Waals surface area contributed by atoms with E-state index in [9.17, 15) is 4.79 Å². The van der Waals surface area contributed by atoms with Crippen molar-refractivity contribution in [3.8, 4) is 0 Å². The van der Waals surface area contributed by atoms with Crippen molar-refractivity contribution in [2.24, 2.45) is 0 Å². The van der Waals surface area contributed by atoms with Crippen LogP contribution in [0.2, 0.25) is 0 Å². The second-order valence-corrected chi connectivity index (χ2v) is 6.05. The molecule has 2 N–H and O–H groups in total. The highest BCUT2D eigenvalue weighted by Gasteiger charge is 2.07. The van der Waals surface area contributed by atoms with Crippen LogP contribution in [0.5, 0.6) is 0 Å². The summed E-state index contributed by atoms with van der Waals surface area (Å²) >= 11 is 0. The highest BCUT2D eigenvalue weighted by atomic mass is 16.1. The van der Waals surface area contributed by atoms with Gasteiger partial charge in [0.1, 0.15) is 0 Å². The van der Waals surface area contributed by atoms with E-state index in [0.717, 1.165) is 23.3 Å². The lowest BCUT2D eigenvalue weighted by atomic mass is 10.1. The molecule has 0 aliphatic carbocycles. The lowest BCUT2D eigenvalue weighted by molar-refractivity contribution is -0.121. The second kappa shape index (κ2) is 6.79. The number of carbonyl (C=O) groups excluding carboxylic acids is 1. The number of carbonyl (C=O) groups is 1. The normalized spacial score (nSPS) is 11.4. The molecule has 0 saturated heterocycles. The van der Waals surface area contributed by atoms with Gasteiger partial charge in [-0.2, -0.15) is 0 Å². The zero-order valence-electron chi connectivity index (χ0n) is 13.6. The number of hydrogen-bond acceptors (Lipinski definition) is 3. The molecule has 0 bridgehead atoms. The Morgan fingerprint density at radius 3 is 2.87 bits per heavy atom. The molecule has 0 unspecified atom stereocenters. The summed E-state index contributed by atoms with van der Waals surface area (Å²) in [6, 6.07) is 10.3. The predicted molar refractivity (Wildman–Crippen MR) is 93.5 cm³/mol. The summed E-state index contributed by atoms with van der Waals surface area (Å²) in [6.45, 7) is 1.53. The van der Waals surface area contributed by atoms with Crippen molar-refractivity contribution >= 4 is 27.7 Å². The van der Waals surface area contributed by atoms with Crippen molar-refractivity contribution in [2.75, 3.05) is 27.2 Å². The van der Waals surface area contributed by atoms with Crippen LogP contribution in [0, 0.1) is 0 Å². The van der Waals surface area contributed by atoms with Crippen LogP contribution in [0.1, 0.15) is 12.1 Å². The van der Waals surface area contributed by atoms with Gasteiger partial charge >= 0.3 is 0 Å². The quantitative estimate of drug-likeness (QED) is 0.734. The van der Waals surface area contributed by atoms with Crippen molar-refractivity contribution in [2.45, 2.75) is 12.8 Å². The van der Waals surface area contributed by atoms with Crippen molar-refractivity contribution in [3.05, 3.63) is 42.2 Å². The number of rotatable bonds is 6. The van der Waals surface area contributed by atoms with Gasteiger partial charge in [-0.1, -0.05) is 18.2 Å². The van der Waals surface area contributed by atoms with Crippen LogP contribution >= 0.6 is 0 Å². The Kier molecular flexibility index (Phi) is 4.57. The SMILES string of the molecule is CN(C)CCNC(=O)CCc1cc2c(cn1)[nH]c1ccccc12. The largest absolute Gasteiger partial charge is 0.355 e. The number of H-pyrrole nitrogens is 1. The van der Waals surface area contributed by atoms with Crippen LogP contribution in [0.15, 0.2) is 36.5 Å². The molecule has 0 aliphatic heterocycles. The number of fused-ring (bicyclic) bond motifs is 3. The number of para-hydroxylation sites is 1. The average Bonchev–Trinajstić information content (AvgIpc) is 2.90. The Bertz CT molecular complexity index is 822. The topological polar surface area (TPSA) is 61.0 Å². The molecule has 2 aromatic heterocycles. The minimum atomic E-state index is 0.0765. The third-order valence-corrected chi connectivity index (χ3v) is 3.94. The van der Waals surface area contributed by atoms with E-state index in [4.69, 9.17) is 0 Å². The second-order valence-electron chi connectivity index (χ2n) is 6.05. The first-order valence-corrected chi connectivity index (χ1v) is 7.90. The lowest BCUT2D eigenvalue weighted by Crippen LogP contribution is -2.31. The molecule has 0 saturated carbocycles. The van der Waals surface area contributed by atoms with E-state index >= 15 is 0 Å². The van der Waals surface area contributed by atoms with E-state index in [-0.39, 0.29) is 5.91 Å². The van der Waals surface area contributed by atoms with E-state index in [1.54, 1.807) is 0 Å². The highest BCUT2D eigenvalue weighted by Crippen LogP contribution is 2.25. The summed E-state index contributed by atoms with van der Waals surface area (Å²) in [6.07, 6.45) is 2.98. The zero-order chi connectivity index (χ0) is 16.2. The van der Waals surface area contributed by atoms with Crippen molar-refractivity contribution in [1.82, 2.24) is 20.2 Å². The van der Waals surface area contributed by atoms with Crippen molar-refractivity contribution in [1.29, 1.82) is 0 Å². The third kappa shape index (κ3) is 3.68. The maximum absolute atomic E-state index is 11.9. The first-order chi connectivity index (χ1) is 11.1. The summed E-state index contributed by atoms with van der Waals surface area (Å²) in [5.74, 6) is 0.0765. The lowest BCUT2D eigenvalue weighted by Gasteiger charge is -2.10. The van der Waals surface area contributed by atoms with Gasteiger partial charge in [0.05, 0.1) is 11.7 Å². The van der Waals surface area contributed by atoms with E-state index in [1.807, 2.05) is 37.3 Å². The Hall–Kier alpha value is -2.40. The summed E-state index contributed by atoms with van der Waals surface area (Å²) in [5.41, 5.74) is 3.10. The monoisotopic (exact) mass is 310 g/mol. The molecule has 0 fully saturated rings. The Morgan fingerprint density at radius 2 is 2.04 bits per heavy atom. The fourth-order valence-electron chi connectivity index (χ4n) is 2.68. The van der Waals surface area contributed by atoms with Crippen LogP contribution < -0.4 is 5.32 Å². The van der Waals surface area contributed by atoms with Crippen molar-refractivity contribution in [3.63, 3.8) is 0 Å². The molecule has 1 amide bonds. The zero-order valence-corrected chi connectivity index (χ0v) is 13.6. The fourth-order valence-corrected chi connectivity index (χ4v) is 2.68. The van der Waals surface area contributed by atoms with Crippen LogP contribution in [0.4, 0.5) is 0 Å². The summed E-state index contributed by atoms with van der Waals surface area (Å²) in [7, 11) is 3.99. The number of nitrogens with zero attached hydrogens (tertiary/aromatic N) is 2. The predicted octanol–water partition coefficient (Wildman–Crippen LogP) is 2.33. The number of likely N-dealkylation sites (N-methyl/N-ethyl adjacent to an activating group) is 1. The smallest absolute Gasteiger partial charge is 0.220 e. The number of amides is 1.